The molecule has 1 rings (SSSR count). The molecule has 0 N–H and O–H groups in total. The van der Waals surface area contributed by atoms with E-state index in [9.17, 15) is 0 Å². The van der Waals surface area contributed by atoms with Gasteiger partial charge in [-0.1, -0.05) is 19.1 Å². The Morgan fingerprint density at radius 2 is 1.93 bits per heavy atom. The Labute approximate surface area is 111 Å². The first-order chi connectivity index (χ1) is 7.26. The first kappa shape index (κ1) is 13.3. The minimum atomic E-state index is 0.753. The molecule has 0 atom stereocenters. The van der Waals surface area contributed by atoms with E-state index < -0.39 is 0 Å². The zero-order chi connectivity index (χ0) is 11.1. The van der Waals surface area contributed by atoms with E-state index in [0.717, 1.165) is 31.9 Å². The average Bonchev–Trinajstić information content (AvgIpc) is 2.27. The van der Waals surface area contributed by atoms with Crippen LogP contribution in [0.1, 0.15) is 18.9 Å². The van der Waals surface area contributed by atoms with Crippen molar-refractivity contribution >= 4 is 34.2 Å². The third kappa shape index (κ3) is 5.18. The fourth-order valence-electron chi connectivity index (χ4n) is 1.48. The van der Waals surface area contributed by atoms with Gasteiger partial charge < -0.3 is 0 Å². The molecule has 0 aromatic heterocycles. The highest BCUT2D eigenvalue weighted by molar-refractivity contribution is 14.1. The minimum Gasteiger partial charge on any atom is -0.299 e. The molecule has 0 radical (unpaired) electrons. The lowest BCUT2D eigenvalue weighted by molar-refractivity contribution is 0.281. The second kappa shape index (κ2) is 7.47. The van der Waals surface area contributed by atoms with Gasteiger partial charge >= 0.3 is 0 Å². The maximum absolute atomic E-state index is 5.70. The average molecular weight is 338 g/mol. The van der Waals surface area contributed by atoms with Crippen LogP contribution in [-0.2, 0) is 6.54 Å². The van der Waals surface area contributed by atoms with Crippen molar-refractivity contribution in [3.05, 3.63) is 33.4 Å². The lowest BCUT2D eigenvalue weighted by Gasteiger charge is -2.19. The Hall–Kier alpha value is 0.200. The Morgan fingerprint density at radius 1 is 1.27 bits per heavy atom. The molecule has 15 heavy (non-hydrogen) atoms. The number of rotatable bonds is 6. The lowest BCUT2D eigenvalue weighted by atomic mass is 10.2. The van der Waals surface area contributed by atoms with Gasteiger partial charge in [0.1, 0.15) is 0 Å². The molecule has 0 heterocycles. The topological polar surface area (TPSA) is 3.24 Å². The molecule has 0 aliphatic carbocycles. The predicted molar refractivity (Wildman–Crippen MR) is 75.4 cm³/mol. The van der Waals surface area contributed by atoms with E-state index >= 15 is 0 Å². The van der Waals surface area contributed by atoms with Gasteiger partial charge in [0, 0.05) is 16.0 Å². The third-order valence-corrected chi connectivity index (χ3v) is 3.36. The minimum absolute atomic E-state index is 0.753. The standard InChI is InChI=1S/C12H17ClIN/c1-2-15(9-3-8-13)10-11-4-6-12(14)7-5-11/h4-7H,2-3,8-10H2,1H3. The van der Waals surface area contributed by atoms with E-state index in [-0.39, 0.29) is 0 Å². The van der Waals surface area contributed by atoms with Crippen LogP contribution in [0.2, 0.25) is 0 Å². The highest BCUT2D eigenvalue weighted by Crippen LogP contribution is 2.09. The number of benzene rings is 1. The summed E-state index contributed by atoms with van der Waals surface area (Å²) in [4.78, 5) is 2.42. The molecular weight excluding hydrogens is 320 g/mol. The summed E-state index contributed by atoms with van der Waals surface area (Å²) in [6.07, 6.45) is 1.07. The molecule has 1 aromatic rings. The SMILES string of the molecule is CCN(CCCCl)Cc1ccc(I)cc1. The van der Waals surface area contributed by atoms with Crippen molar-refractivity contribution in [2.45, 2.75) is 19.9 Å². The molecule has 0 saturated heterocycles. The van der Waals surface area contributed by atoms with Crippen molar-refractivity contribution in [3.63, 3.8) is 0 Å². The molecule has 3 heteroatoms. The number of halogens is 2. The molecule has 0 bridgehead atoms. The summed E-state index contributed by atoms with van der Waals surface area (Å²) in [5, 5.41) is 0. The van der Waals surface area contributed by atoms with E-state index in [1.54, 1.807) is 0 Å². The van der Waals surface area contributed by atoms with Crippen LogP contribution in [-0.4, -0.2) is 23.9 Å². The second-order valence-corrected chi connectivity index (χ2v) is 5.16. The van der Waals surface area contributed by atoms with Crippen molar-refractivity contribution in [2.75, 3.05) is 19.0 Å². The van der Waals surface area contributed by atoms with Gasteiger partial charge in [0.15, 0.2) is 0 Å². The van der Waals surface area contributed by atoms with E-state index in [2.05, 4.69) is 58.7 Å². The van der Waals surface area contributed by atoms with Gasteiger partial charge in [-0.15, -0.1) is 11.6 Å². The Bertz CT molecular complexity index is 273. The van der Waals surface area contributed by atoms with Gasteiger partial charge in [-0.05, 0) is 59.8 Å². The Balaban J connectivity index is 2.47. The molecule has 0 saturated carbocycles. The van der Waals surface area contributed by atoms with Crippen LogP contribution < -0.4 is 0 Å². The van der Waals surface area contributed by atoms with Crippen molar-refractivity contribution in [1.82, 2.24) is 4.90 Å². The number of alkyl halides is 1. The summed E-state index contributed by atoms with van der Waals surface area (Å²) in [5.41, 5.74) is 1.38. The van der Waals surface area contributed by atoms with Crippen LogP contribution >= 0.6 is 34.2 Å². The van der Waals surface area contributed by atoms with Crippen LogP contribution in [0, 0.1) is 3.57 Å². The molecular formula is C12H17ClIN. The van der Waals surface area contributed by atoms with Crippen molar-refractivity contribution < 1.29 is 0 Å². The highest BCUT2D eigenvalue weighted by atomic mass is 127. The summed E-state index contributed by atoms with van der Waals surface area (Å²) in [6.45, 7) is 5.40. The van der Waals surface area contributed by atoms with Gasteiger partial charge in [0.2, 0.25) is 0 Å². The number of hydrogen-bond donors (Lipinski definition) is 0. The molecule has 0 unspecified atom stereocenters. The van der Waals surface area contributed by atoms with Gasteiger partial charge in [-0.2, -0.15) is 0 Å². The van der Waals surface area contributed by atoms with Crippen molar-refractivity contribution in [2.24, 2.45) is 0 Å². The predicted octanol–water partition coefficient (Wildman–Crippen LogP) is 3.74. The molecule has 0 aliphatic heterocycles. The molecule has 1 nitrogen and oxygen atoms in total. The number of hydrogen-bond acceptors (Lipinski definition) is 1. The first-order valence-corrected chi connectivity index (χ1v) is 6.90. The van der Waals surface area contributed by atoms with E-state index in [1.165, 1.54) is 9.13 Å². The summed E-state index contributed by atoms with van der Waals surface area (Å²) in [6, 6.07) is 8.72. The van der Waals surface area contributed by atoms with Crippen molar-refractivity contribution in [1.29, 1.82) is 0 Å². The second-order valence-electron chi connectivity index (χ2n) is 3.54. The first-order valence-electron chi connectivity index (χ1n) is 5.29. The molecule has 0 fully saturated rings. The third-order valence-electron chi connectivity index (χ3n) is 2.37. The molecule has 1 aromatic carbocycles. The molecule has 84 valence electrons. The van der Waals surface area contributed by atoms with Gasteiger partial charge in [0.25, 0.3) is 0 Å². The quantitative estimate of drug-likeness (QED) is 0.564. The zero-order valence-corrected chi connectivity index (χ0v) is 12.0. The van der Waals surface area contributed by atoms with Crippen LogP contribution in [0.5, 0.6) is 0 Å². The molecule has 0 aliphatic rings. The van der Waals surface area contributed by atoms with Crippen LogP contribution in [0.15, 0.2) is 24.3 Å². The highest BCUT2D eigenvalue weighted by Gasteiger charge is 2.02. The Kier molecular flexibility index (Phi) is 6.61. The van der Waals surface area contributed by atoms with Crippen LogP contribution in [0.4, 0.5) is 0 Å². The number of nitrogens with zero attached hydrogens (tertiary/aromatic N) is 1. The smallest absolute Gasteiger partial charge is 0.0235 e. The van der Waals surface area contributed by atoms with Gasteiger partial charge in [-0.3, -0.25) is 4.90 Å². The lowest BCUT2D eigenvalue weighted by Crippen LogP contribution is -2.24. The van der Waals surface area contributed by atoms with E-state index in [4.69, 9.17) is 11.6 Å². The fraction of sp³-hybridized carbons (Fsp3) is 0.500. The molecule has 0 amide bonds. The summed E-state index contributed by atoms with van der Waals surface area (Å²) in [7, 11) is 0. The summed E-state index contributed by atoms with van der Waals surface area (Å²) < 4.78 is 1.29. The van der Waals surface area contributed by atoms with Crippen LogP contribution in [0.25, 0.3) is 0 Å². The van der Waals surface area contributed by atoms with Gasteiger partial charge in [-0.25, -0.2) is 0 Å². The van der Waals surface area contributed by atoms with Crippen molar-refractivity contribution in [3.8, 4) is 0 Å². The van der Waals surface area contributed by atoms with Gasteiger partial charge in [0.05, 0.1) is 0 Å². The monoisotopic (exact) mass is 337 g/mol. The normalized spacial score (nSPS) is 10.9. The fourth-order valence-corrected chi connectivity index (χ4v) is 1.96. The van der Waals surface area contributed by atoms with E-state index in [1.807, 2.05) is 0 Å². The summed E-state index contributed by atoms with van der Waals surface area (Å²) >= 11 is 8.03. The maximum Gasteiger partial charge on any atom is 0.0235 e. The Morgan fingerprint density at radius 3 is 2.47 bits per heavy atom. The molecule has 0 spiro atoms. The maximum atomic E-state index is 5.70. The zero-order valence-electron chi connectivity index (χ0n) is 9.05. The summed E-state index contributed by atoms with van der Waals surface area (Å²) in [5.74, 6) is 0.753. The van der Waals surface area contributed by atoms with E-state index in [0.29, 0.717) is 0 Å². The van der Waals surface area contributed by atoms with Crippen LogP contribution in [0.3, 0.4) is 0 Å². The largest absolute Gasteiger partial charge is 0.299 e.